The molecule has 0 saturated carbocycles. The summed E-state index contributed by atoms with van der Waals surface area (Å²) < 4.78 is 32.0. The predicted octanol–water partition coefficient (Wildman–Crippen LogP) is 3.50. The van der Waals surface area contributed by atoms with Gasteiger partial charge in [0.25, 0.3) is 10.1 Å². The highest BCUT2D eigenvalue weighted by Crippen LogP contribution is 2.27. The van der Waals surface area contributed by atoms with Crippen LogP contribution in [0.2, 0.25) is 0 Å². The molecule has 0 aliphatic carbocycles. The summed E-state index contributed by atoms with van der Waals surface area (Å²) in [7, 11) is -4.01. The monoisotopic (exact) mass is 256 g/mol. The first-order valence-electron chi connectivity index (χ1n) is 5.98. The molecule has 0 spiro atoms. The van der Waals surface area contributed by atoms with Gasteiger partial charge in [0.15, 0.2) is 0 Å². The summed E-state index contributed by atoms with van der Waals surface area (Å²) in [5.41, 5.74) is 1.76. The van der Waals surface area contributed by atoms with Crippen molar-refractivity contribution in [2.45, 2.75) is 44.8 Å². The largest absolute Gasteiger partial charge is 0.285 e. The lowest BCUT2D eigenvalue weighted by Crippen LogP contribution is -2.12. The molecule has 1 N–H and O–H groups in total. The Kier molecular flexibility index (Phi) is 5.15. The molecule has 3 nitrogen and oxygen atoms in total. The second kappa shape index (κ2) is 6.17. The van der Waals surface area contributed by atoms with E-state index >= 15 is 0 Å². The van der Waals surface area contributed by atoms with Crippen LogP contribution < -0.4 is 0 Å². The Bertz CT molecular complexity index is 434. The average molecular weight is 256 g/mol. The van der Waals surface area contributed by atoms with E-state index in [0.717, 1.165) is 24.8 Å². The maximum absolute atomic E-state index is 11.4. The van der Waals surface area contributed by atoms with Crippen LogP contribution >= 0.6 is 0 Å². The molecule has 0 bridgehead atoms. The van der Waals surface area contributed by atoms with E-state index in [0.29, 0.717) is 12.0 Å². The summed E-state index contributed by atoms with van der Waals surface area (Å²) in [5, 5.41) is -0.783. The van der Waals surface area contributed by atoms with E-state index in [1.54, 1.807) is 12.1 Å². The zero-order chi connectivity index (χ0) is 12.9. The molecule has 4 heteroatoms. The van der Waals surface area contributed by atoms with E-state index in [-0.39, 0.29) is 0 Å². The van der Waals surface area contributed by atoms with E-state index in [2.05, 4.69) is 6.92 Å². The second-order valence-corrected chi connectivity index (χ2v) is 6.01. The lowest BCUT2D eigenvalue weighted by Gasteiger charge is -2.14. The number of aryl methyl sites for hydroxylation is 1. The van der Waals surface area contributed by atoms with Gasteiger partial charge in [-0.05, 0) is 18.9 Å². The van der Waals surface area contributed by atoms with Gasteiger partial charge in [0.05, 0.1) is 0 Å². The highest BCUT2D eigenvalue weighted by molar-refractivity contribution is 7.86. The van der Waals surface area contributed by atoms with Crippen molar-refractivity contribution in [1.82, 2.24) is 0 Å². The normalized spacial score (nSPS) is 13.6. The van der Waals surface area contributed by atoms with Crippen LogP contribution in [0.5, 0.6) is 0 Å². The molecule has 0 aromatic heterocycles. The van der Waals surface area contributed by atoms with E-state index in [9.17, 15) is 13.0 Å². The van der Waals surface area contributed by atoms with Gasteiger partial charge in [-0.25, -0.2) is 0 Å². The highest BCUT2D eigenvalue weighted by atomic mass is 32.2. The molecule has 1 rings (SSSR count). The summed E-state index contributed by atoms with van der Waals surface area (Å²) in [6.45, 7) is 4.01. The first-order chi connectivity index (χ1) is 7.95. The van der Waals surface area contributed by atoms with Crippen LogP contribution in [0.1, 0.15) is 49.0 Å². The lowest BCUT2D eigenvalue weighted by atomic mass is 10.0. The van der Waals surface area contributed by atoms with Gasteiger partial charge >= 0.3 is 0 Å². The lowest BCUT2D eigenvalue weighted by molar-refractivity contribution is 0.460. The molecule has 0 aliphatic heterocycles. The van der Waals surface area contributed by atoms with Crippen LogP contribution in [0.25, 0.3) is 0 Å². The van der Waals surface area contributed by atoms with Gasteiger partial charge in [0.1, 0.15) is 5.25 Å². The van der Waals surface area contributed by atoms with Gasteiger partial charge in [0, 0.05) is 0 Å². The van der Waals surface area contributed by atoms with Crippen LogP contribution in [0.4, 0.5) is 0 Å². The van der Waals surface area contributed by atoms with Crippen molar-refractivity contribution in [2.24, 2.45) is 0 Å². The molecule has 0 fully saturated rings. The van der Waals surface area contributed by atoms with E-state index < -0.39 is 15.4 Å². The third kappa shape index (κ3) is 4.48. The molecule has 1 atom stereocenters. The van der Waals surface area contributed by atoms with Gasteiger partial charge in [-0.3, -0.25) is 4.55 Å². The third-order valence-electron chi connectivity index (χ3n) is 2.88. The highest BCUT2D eigenvalue weighted by Gasteiger charge is 2.24. The summed E-state index contributed by atoms with van der Waals surface area (Å²) in [5.74, 6) is 0. The van der Waals surface area contributed by atoms with Gasteiger partial charge in [-0.2, -0.15) is 8.42 Å². The number of hydrogen-bond donors (Lipinski definition) is 1. The maximum atomic E-state index is 11.4. The molecule has 0 amide bonds. The fourth-order valence-electron chi connectivity index (χ4n) is 1.85. The molecular formula is C13H20O3S. The number of rotatable bonds is 6. The van der Waals surface area contributed by atoms with Crippen LogP contribution in [-0.2, 0) is 10.1 Å². The SMILES string of the molecule is CCCCCC(c1ccc(C)cc1)S(=O)(=O)O. The predicted molar refractivity (Wildman–Crippen MR) is 69.6 cm³/mol. The Morgan fingerprint density at radius 3 is 2.24 bits per heavy atom. The van der Waals surface area contributed by atoms with Crippen LogP contribution in [-0.4, -0.2) is 13.0 Å². The molecule has 96 valence electrons. The minimum atomic E-state index is -4.01. The number of unbranched alkanes of at least 4 members (excludes halogenated alkanes) is 2. The Hall–Kier alpha value is -0.870. The van der Waals surface area contributed by atoms with Crippen molar-refractivity contribution in [1.29, 1.82) is 0 Å². The molecule has 0 heterocycles. The van der Waals surface area contributed by atoms with E-state index in [1.165, 1.54) is 0 Å². The smallest absolute Gasteiger partial charge is 0.271 e. The molecule has 0 saturated heterocycles. The molecule has 1 aromatic rings. The summed E-state index contributed by atoms with van der Waals surface area (Å²) in [6.07, 6.45) is 3.31. The fraction of sp³-hybridized carbons (Fsp3) is 0.538. The Morgan fingerprint density at radius 1 is 1.18 bits per heavy atom. The quantitative estimate of drug-likeness (QED) is 0.626. The molecule has 0 aliphatic rings. The van der Waals surface area contributed by atoms with Crippen molar-refractivity contribution in [2.75, 3.05) is 0 Å². The van der Waals surface area contributed by atoms with Gasteiger partial charge < -0.3 is 0 Å². The van der Waals surface area contributed by atoms with E-state index in [1.807, 2.05) is 19.1 Å². The van der Waals surface area contributed by atoms with Crippen molar-refractivity contribution >= 4 is 10.1 Å². The van der Waals surface area contributed by atoms with Crippen LogP contribution in [0.15, 0.2) is 24.3 Å². The Labute approximate surface area is 104 Å². The third-order valence-corrected chi connectivity index (χ3v) is 4.11. The van der Waals surface area contributed by atoms with Gasteiger partial charge in [-0.1, -0.05) is 56.0 Å². The number of benzene rings is 1. The van der Waals surface area contributed by atoms with Crippen LogP contribution in [0.3, 0.4) is 0 Å². The van der Waals surface area contributed by atoms with Crippen molar-refractivity contribution < 1.29 is 13.0 Å². The van der Waals surface area contributed by atoms with E-state index in [4.69, 9.17) is 0 Å². The minimum absolute atomic E-state index is 0.482. The van der Waals surface area contributed by atoms with Crippen molar-refractivity contribution in [3.63, 3.8) is 0 Å². The first-order valence-corrected chi connectivity index (χ1v) is 7.48. The fourth-order valence-corrected chi connectivity index (χ4v) is 2.81. The molecule has 0 radical (unpaired) electrons. The molecule has 1 aromatic carbocycles. The molecular weight excluding hydrogens is 236 g/mol. The van der Waals surface area contributed by atoms with Gasteiger partial charge in [-0.15, -0.1) is 0 Å². The van der Waals surface area contributed by atoms with Crippen molar-refractivity contribution in [3.8, 4) is 0 Å². The van der Waals surface area contributed by atoms with Gasteiger partial charge in [0.2, 0.25) is 0 Å². The zero-order valence-electron chi connectivity index (χ0n) is 10.4. The summed E-state index contributed by atoms with van der Waals surface area (Å²) >= 11 is 0. The number of hydrogen-bond acceptors (Lipinski definition) is 2. The Morgan fingerprint density at radius 2 is 1.76 bits per heavy atom. The van der Waals surface area contributed by atoms with Crippen molar-refractivity contribution in [3.05, 3.63) is 35.4 Å². The maximum Gasteiger partial charge on any atom is 0.271 e. The second-order valence-electron chi connectivity index (χ2n) is 4.41. The minimum Gasteiger partial charge on any atom is -0.285 e. The van der Waals surface area contributed by atoms with Crippen LogP contribution in [0, 0.1) is 6.92 Å². The molecule has 1 unspecified atom stereocenters. The summed E-state index contributed by atoms with van der Waals surface area (Å²) in [6, 6.07) is 7.29. The topological polar surface area (TPSA) is 54.4 Å². The average Bonchev–Trinajstić information content (AvgIpc) is 2.25. The summed E-state index contributed by atoms with van der Waals surface area (Å²) in [4.78, 5) is 0. The standard InChI is InChI=1S/C13H20O3S/c1-3-4-5-6-13(17(14,15)16)12-9-7-11(2)8-10-12/h7-10,13H,3-6H2,1-2H3,(H,14,15,16). The zero-order valence-corrected chi connectivity index (χ0v) is 11.2. The first kappa shape index (κ1) is 14.2. The molecule has 17 heavy (non-hydrogen) atoms. The Balaban J connectivity index is 2.87.